The molecule has 3 aliphatic rings. The molecule has 2 aliphatic heterocycles. The van der Waals surface area contributed by atoms with Gasteiger partial charge >= 0.3 is 0 Å². The second-order valence-corrected chi connectivity index (χ2v) is 11.0. The van der Waals surface area contributed by atoms with Crippen molar-refractivity contribution in [2.24, 2.45) is 5.41 Å². The standard InChI is InChI=1S/C34H24ClNO3/c1-20-11-13-22(14-12-20)31(37)30-29(21-7-3-2-4-8-21)34(32(38)25-9-5-6-10-26(25)33(34)39)28-18-15-23-19-24(35)16-17-27(23)36(28)30/h2-19,28-30H,1H3/t28-,29-,30+/m0/s1. The number of carbonyl (C=O) groups excluding carboxylic acids is 3. The van der Waals surface area contributed by atoms with Gasteiger partial charge in [0.25, 0.3) is 0 Å². The minimum Gasteiger partial charge on any atom is -0.352 e. The van der Waals surface area contributed by atoms with Crippen LogP contribution in [-0.2, 0) is 0 Å². The summed E-state index contributed by atoms with van der Waals surface area (Å²) in [5.41, 5.74) is 3.35. The average Bonchev–Trinajstić information content (AvgIpc) is 3.39. The molecule has 0 aromatic heterocycles. The van der Waals surface area contributed by atoms with Crippen LogP contribution in [0, 0.1) is 12.3 Å². The molecule has 0 N–H and O–H groups in total. The van der Waals surface area contributed by atoms with Crippen LogP contribution in [0.1, 0.15) is 53.7 Å². The summed E-state index contributed by atoms with van der Waals surface area (Å²) >= 11 is 6.35. The molecule has 4 aromatic carbocycles. The Morgan fingerprint density at radius 1 is 0.821 bits per heavy atom. The number of nitrogens with zero attached hydrogens (tertiary/aromatic N) is 1. The van der Waals surface area contributed by atoms with Crippen molar-refractivity contribution in [1.29, 1.82) is 0 Å². The number of rotatable bonds is 3. The Hall–Kier alpha value is -4.28. The summed E-state index contributed by atoms with van der Waals surface area (Å²) in [6.45, 7) is 1.98. The minimum atomic E-state index is -1.50. The molecular formula is C34H24ClNO3. The van der Waals surface area contributed by atoms with Crippen molar-refractivity contribution in [1.82, 2.24) is 0 Å². The monoisotopic (exact) mass is 529 g/mol. The van der Waals surface area contributed by atoms with Gasteiger partial charge in [-0.25, -0.2) is 0 Å². The first-order chi connectivity index (χ1) is 18.9. The van der Waals surface area contributed by atoms with Gasteiger partial charge in [0.2, 0.25) is 0 Å². The van der Waals surface area contributed by atoms with Crippen molar-refractivity contribution in [3.8, 4) is 0 Å². The average molecular weight is 530 g/mol. The largest absolute Gasteiger partial charge is 0.352 e. The lowest BCUT2D eigenvalue weighted by Gasteiger charge is -2.37. The van der Waals surface area contributed by atoms with E-state index in [-0.39, 0.29) is 17.3 Å². The molecule has 1 fully saturated rings. The number of Topliss-reactive ketones (excluding diaryl/α,β-unsaturated/α-hetero) is 3. The number of benzene rings is 4. The lowest BCUT2D eigenvalue weighted by atomic mass is 9.64. The van der Waals surface area contributed by atoms with E-state index in [1.165, 1.54) is 0 Å². The van der Waals surface area contributed by atoms with Gasteiger partial charge in [0.05, 0.1) is 6.04 Å². The van der Waals surface area contributed by atoms with E-state index in [9.17, 15) is 14.4 Å². The van der Waals surface area contributed by atoms with E-state index >= 15 is 0 Å². The van der Waals surface area contributed by atoms with Crippen LogP contribution in [-0.4, -0.2) is 29.4 Å². The highest BCUT2D eigenvalue weighted by Crippen LogP contribution is 2.61. The van der Waals surface area contributed by atoms with Crippen LogP contribution in [0.15, 0.2) is 103 Å². The third kappa shape index (κ3) is 3.22. The number of halogens is 1. The molecule has 1 aliphatic carbocycles. The summed E-state index contributed by atoms with van der Waals surface area (Å²) in [5.74, 6) is -1.30. The first-order valence-electron chi connectivity index (χ1n) is 13.0. The maximum atomic E-state index is 14.6. The predicted molar refractivity (Wildman–Crippen MR) is 153 cm³/mol. The minimum absolute atomic E-state index is 0.126. The molecular weight excluding hydrogens is 506 g/mol. The molecule has 0 radical (unpaired) electrons. The molecule has 2 heterocycles. The summed E-state index contributed by atoms with van der Waals surface area (Å²) in [5, 5.41) is 0.576. The molecule has 4 aromatic rings. The second-order valence-electron chi connectivity index (χ2n) is 10.6. The molecule has 0 unspecified atom stereocenters. The van der Waals surface area contributed by atoms with Gasteiger partial charge in [0.1, 0.15) is 11.5 Å². The number of anilines is 1. The van der Waals surface area contributed by atoms with Crippen molar-refractivity contribution in [3.05, 3.63) is 142 Å². The van der Waals surface area contributed by atoms with E-state index < -0.39 is 23.4 Å². The Balaban J connectivity index is 1.54. The van der Waals surface area contributed by atoms with Crippen molar-refractivity contribution in [3.63, 3.8) is 0 Å². The fraction of sp³-hybridized carbons (Fsp3) is 0.147. The van der Waals surface area contributed by atoms with Gasteiger partial charge in [0, 0.05) is 33.3 Å². The first-order valence-corrected chi connectivity index (χ1v) is 13.4. The van der Waals surface area contributed by atoms with Gasteiger partial charge in [-0.1, -0.05) is 108 Å². The van der Waals surface area contributed by atoms with Crippen LogP contribution >= 0.6 is 11.6 Å². The first kappa shape index (κ1) is 23.8. The fourth-order valence-corrected chi connectivity index (χ4v) is 7.05. The zero-order valence-electron chi connectivity index (χ0n) is 21.2. The quantitative estimate of drug-likeness (QED) is 0.212. The Labute approximate surface area is 231 Å². The number of ketones is 3. The maximum Gasteiger partial charge on any atom is 0.185 e. The molecule has 3 atom stereocenters. The lowest BCUT2D eigenvalue weighted by Crippen LogP contribution is -2.48. The predicted octanol–water partition coefficient (Wildman–Crippen LogP) is 6.96. The van der Waals surface area contributed by atoms with Crippen LogP contribution < -0.4 is 4.90 Å². The zero-order chi connectivity index (χ0) is 26.9. The molecule has 1 saturated heterocycles. The number of aryl methyl sites for hydroxylation is 1. The van der Waals surface area contributed by atoms with E-state index in [2.05, 4.69) is 0 Å². The van der Waals surface area contributed by atoms with Gasteiger partial charge in [0.15, 0.2) is 17.3 Å². The normalized spacial score (nSPS) is 22.1. The molecule has 0 bridgehead atoms. The van der Waals surface area contributed by atoms with Gasteiger partial charge in [-0.2, -0.15) is 0 Å². The van der Waals surface area contributed by atoms with E-state index in [1.54, 1.807) is 30.3 Å². The fourth-order valence-electron chi connectivity index (χ4n) is 6.87. The van der Waals surface area contributed by atoms with Crippen molar-refractivity contribution in [2.45, 2.75) is 24.9 Å². The Kier molecular flexibility index (Phi) is 5.26. The Morgan fingerprint density at radius 2 is 1.46 bits per heavy atom. The Morgan fingerprint density at radius 3 is 2.13 bits per heavy atom. The molecule has 4 nitrogen and oxygen atoms in total. The van der Waals surface area contributed by atoms with E-state index in [0.29, 0.717) is 21.7 Å². The van der Waals surface area contributed by atoms with Crippen molar-refractivity contribution < 1.29 is 14.4 Å². The van der Waals surface area contributed by atoms with E-state index in [1.807, 2.05) is 90.7 Å². The SMILES string of the molecule is Cc1ccc(C(=O)[C@H]2[C@H](c3ccccc3)C3(C(=O)c4ccccc4C3=O)[C@@H]3C=Cc4cc(Cl)ccc4N32)cc1. The van der Waals surface area contributed by atoms with Crippen LogP contribution in [0.25, 0.3) is 6.08 Å². The zero-order valence-corrected chi connectivity index (χ0v) is 21.9. The van der Waals surface area contributed by atoms with Crippen molar-refractivity contribution in [2.75, 3.05) is 4.90 Å². The summed E-state index contributed by atoms with van der Waals surface area (Å²) in [6.07, 6.45) is 3.84. The summed E-state index contributed by atoms with van der Waals surface area (Å²) in [4.78, 5) is 45.7. The molecule has 39 heavy (non-hydrogen) atoms. The number of hydrogen-bond donors (Lipinski definition) is 0. The number of fused-ring (bicyclic) bond motifs is 5. The van der Waals surface area contributed by atoms with E-state index in [0.717, 1.165) is 22.4 Å². The van der Waals surface area contributed by atoms with Gasteiger partial charge in [-0.3, -0.25) is 14.4 Å². The summed E-state index contributed by atoms with van der Waals surface area (Å²) < 4.78 is 0. The molecule has 0 amide bonds. The van der Waals surface area contributed by atoms with Crippen molar-refractivity contribution >= 4 is 40.7 Å². The van der Waals surface area contributed by atoms with Gasteiger partial charge < -0.3 is 4.90 Å². The maximum absolute atomic E-state index is 14.6. The summed E-state index contributed by atoms with van der Waals surface area (Å²) in [7, 11) is 0. The van der Waals surface area contributed by atoms with Gasteiger partial charge in [-0.05, 0) is 36.2 Å². The highest BCUT2D eigenvalue weighted by atomic mass is 35.5. The highest BCUT2D eigenvalue weighted by molar-refractivity contribution is 6.32. The molecule has 5 heteroatoms. The van der Waals surface area contributed by atoms with Crippen LogP contribution in [0.5, 0.6) is 0 Å². The summed E-state index contributed by atoms with van der Waals surface area (Å²) in [6, 6.07) is 28.2. The highest BCUT2D eigenvalue weighted by Gasteiger charge is 2.71. The topological polar surface area (TPSA) is 54.5 Å². The van der Waals surface area contributed by atoms with E-state index in [4.69, 9.17) is 11.6 Å². The van der Waals surface area contributed by atoms with Gasteiger partial charge in [-0.15, -0.1) is 0 Å². The van der Waals surface area contributed by atoms with Crippen LogP contribution in [0.3, 0.4) is 0 Å². The molecule has 1 spiro atoms. The smallest absolute Gasteiger partial charge is 0.185 e. The molecule has 190 valence electrons. The molecule has 7 rings (SSSR count). The number of carbonyl (C=O) groups is 3. The lowest BCUT2D eigenvalue weighted by molar-refractivity contribution is 0.0666. The third-order valence-electron chi connectivity index (χ3n) is 8.53. The molecule has 0 saturated carbocycles. The van der Waals surface area contributed by atoms with Crippen LogP contribution in [0.4, 0.5) is 5.69 Å². The third-order valence-corrected chi connectivity index (χ3v) is 8.76. The van der Waals surface area contributed by atoms with Crippen LogP contribution in [0.2, 0.25) is 5.02 Å². The second kappa shape index (κ2) is 8.62. The number of hydrogen-bond acceptors (Lipinski definition) is 4. The Bertz CT molecular complexity index is 1670.